The average molecular weight is 370 g/mol. The number of hydrogen-bond donors (Lipinski definition) is 2. The minimum Gasteiger partial charge on any atom is -0.338 e. The summed E-state index contributed by atoms with van der Waals surface area (Å²) in [4.78, 5) is 17.6. The Kier molecular flexibility index (Phi) is 6.48. The smallest absolute Gasteiger partial charge is 0.319 e. The zero-order valence-electron chi connectivity index (χ0n) is 13.6. The maximum atomic E-state index is 12.0. The van der Waals surface area contributed by atoms with E-state index in [1.807, 2.05) is 47.8 Å². The zero-order chi connectivity index (χ0) is 17.3. The Hall–Kier alpha value is -2.31. The third-order valence-corrected chi connectivity index (χ3v) is 5.40. The first-order valence-electron chi connectivity index (χ1n) is 7.99. The van der Waals surface area contributed by atoms with Crippen LogP contribution in [-0.2, 0) is 12.2 Å². The third-order valence-electron chi connectivity index (χ3n) is 3.45. The number of thiophene rings is 1. The molecule has 2 amide bonds. The van der Waals surface area contributed by atoms with Gasteiger partial charge in [0.15, 0.2) is 0 Å². The van der Waals surface area contributed by atoms with Crippen molar-refractivity contribution in [2.45, 2.75) is 17.2 Å². The molecule has 2 heterocycles. The summed E-state index contributed by atoms with van der Waals surface area (Å²) in [6.07, 6.45) is 2.65. The molecule has 0 atom stereocenters. The van der Waals surface area contributed by atoms with Crippen molar-refractivity contribution < 1.29 is 4.79 Å². The van der Waals surface area contributed by atoms with Gasteiger partial charge in [0.05, 0.1) is 5.03 Å². The van der Waals surface area contributed by atoms with E-state index in [2.05, 4.69) is 27.8 Å². The van der Waals surface area contributed by atoms with Crippen LogP contribution in [0.1, 0.15) is 10.4 Å². The lowest BCUT2D eigenvalue weighted by atomic mass is 10.2. The number of thioether (sulfide) groups is 1. The van der Waals surface area contributed by atoms with Crippen molar-refractivity contribution in [2.75, 3.05) is 11.9 Å². The lowest BCUT2D eigenvalue weighted by Crippen LogP contribution is -2.30. The van der Waals surface area contributed by atoms with Gasteiger partial charge in [0.25, 0.3) is 0 Å². The number of pyridine rings is 1. The van der Waals surface area contributed by atoms with Crippen molar-refractivity contribution in [1.82, 2.24) is 10.3 Å². The van der Waals surface area contributed by atoms with Crippen LogP contribution >= 0.6 is 23.1 Å². The van der Waals surface area contributed by atoms with Gasteiger partial charge in [-0.15, -0.1) is 23.1 Å². The quantitative estimate of drug-likeness (QED) is 0.588. The predicted molar refractivity (Wildman–Crippen MR) is 105 cm³/mol. The van der Waals surface area contributed by atoms with Crippen LogP contribution in [-0.4, -0.2) is 17.6 Å². The maximum Gasteiger partial charge on any atom is 0.319 e. The van der Waals surface area contributed by atoms with Crippen LogP contribution < -0.4 is 10.6 Å². The normalized spacial score (nSPS) is 10.4. The first-order valence-corrected chi connectivity index (χ1v) is 9.86. The summed E-state index contributed by atoms with van der Waals surface area (Å²) in [7, 11) is 0. The monoisotopic (exact) mass is 369 g/mol. The molecule has 1 aromatic carbocycles. The Balaban J connectivity index is 1.46. The second-order valence-corrected chi connectivity index (χ2v) is 7.40. The van der Waals surface area contributed by atoms with Gasteiger partial charge in [-0.1, -0.05) is 24.3 Å². The maximum absolute atomic E-state index is 12.0. The van der Waals surface area contributed by atoms with E-state index >= 15 is 0 Å². The number of nitrogens with zero attached hydrogens (tertiary/aromatic N) is 1. The highest BCUT2D eigenvalue weighted by Gasteiger charge is 2.03. The Morgan fingerprint density at radius 1 is 1.12 bits per heavy atom. The lowest BCUT2D eigenvalue weighted by Gasteiger charge is -2.09. The standard InChI is InChI=1S/C19H19N3OS2/c23-19(21-11-9-17-7-4-12-24-17)22-16-6-3-5-15(13-16)14-25-18-8-1-2-10-20-18/h1-8,10,12-13H,9,11,14H2,(H2,21,22,23). The van der Waals surface area contributed by atoms with Crippen LogP contribution in [0.3, 0.4) is 0 Å². The molecule has 0 spiro atoms. The summed E-state index contributed by atoms with van der Waals surface area (Å²) in [6, 6.07) is 17.7. The highest BCUT2D eigenvalue weighted by Crippen LogP contribution is 2.22. The predicted octanol–water partition coefficient (Wildman–Crippen LogP) is 4.80. The van der Waals surface area contributed by atoms with Gasteiger partial charge >= 0.3 is 6.03 Å². The number of aromatic nitrogens is 1. The molecule has 0 aliphatic heterocycles. The van der Waals surface area contributed by atoms with Crippen LogP contribution in [0, 0.1) is 0 Å². The molecule has 0 fully saturated rings. The minimum absolute atomic E-state index is 0.175. The van der Waals surface area contributed by atoms with E-state index in [1.165, 1.54) is 4.88 Å². The first kappa shape index (κ1) is 17.5. The number of carbonyl (C=O) groups is 1. The van der Waals surface area contributed by atoms with Crippen LogP contribution in [0.15, 0.2) is 71.2 Å². The van der Waals surface area contributed by atoms with E-state index in [1.54, 1.807) is 29.3 Å². The van der Waals surface area contributed by atoms with Crippen molar-refractivity contribution in [2.24, 2.45) is 0 Å². The van der Waals surface area contributed by atoms with E-state index < -0.39 is 0 Å². The highest BCUT2D eigenvalue weighted by molar-refractivity contribution is 7.98. The van der Waals surface area contributed by atoms with Crippen molar-refractivity contribution >= 4 is 34.8 Å². The zero-order valence-corrected chi connectivity index (χ0v) is 15.3. The molecule has 0 aliphatic carbocycles. The van der Waals surface area contributed by atoms with Crippen molar-refractivity contribution in [3.8, 4) is 0 Å². The molecule has 0 radical (unpaired) electrons. The number of benzene rings is 1. The van der Waals surface area contributed by atoms with E-state index in [0.717, 1.165) is 28.5 Å². The van der Waals surface area contributed by atoms with Gasteiger partial charge in [0.2, 0.25) is 0 Å². The molecule has 6 heteroatoms. The van der Waals surface area contributed by atoms with Crippen LogP contribution in [0.25, 0.3) is 0 Å². The summed E-state index contributed by atoms with van der Waals surface area (Å²) in [6.45, 7) is 0.627. The Labute approximate surface area is 155 Å². The first-order chi connectivity index (χ1) is 12.3. The molecule has 3 rings (SSSR count). The number of amides is 2. The fourth-order valence-corrected chi connectivity index (χ4v) is 3.77. The fraction of sp³-hybridized carbons (Fsp3) is 0.158. The molecule has 0 saturated carbocycles. The molecule has 3 aromatic rings. The largest absolute Gasteiger partial charge is 0.338 e. The van der Waals surface area contributed by atoms with Gasteiger partial charge < -0.3 is 10.6 Å². The third kappa shape index (κ3) is 5.92. The molecule has 2 N–H and O–H groups in total. The van der Waals surface area contributed by atoms with E-state index in [0.29, 0.717) is 6.54 Å². The number of carbonyl (C=O) groups excluding carboxylic acids is 1. The SMILES string of the molecule is O=C(NCCc1cccs1)Nc1cccc(CSc2ccccn2)c1. The second kappa shape index (κ2) is 9.25. The Bertz CT molecular complexity index is 791. The highest BCUT2D eigenvalue weighted by atomic mass is 32.2. The van der Waals surface area contributed by atoms with Gasteiger partial charge in [0.1, 0.15) is 0 Å². The second-order valence-electron chi connectivity index (χ2n) is 5.37. The van der Waals surface area contributed by atoms with Crippen LogP contribution in [0.4, 0.5) is 10.5 Å². The molecule has 4 nitrogen and oxygen atoms in total. The summed E-state index contributed by atoms with van der Waals surface area (Å²) >= 11 is 3.38. The summed E-state index contributed by atoms with van der Waals surface area (Å²) in [5.41, 5.74) is 1.94. The van der Waals surface area contributed by atoms with Gasteiger partial charge in [-0.3, -0.25) is 0 Å². The molecule has 128 valence electrons. The lowest BCUT2D eigenvalue weighted by molar-refractivity contribution is 0.252. The summed E-state index contributed by atoms with van der Waals surface area (Å²) in [5, 5.41) is 8.82. The molecular formula is C19H19N3OS2. The Morgan fingerprint density at radius 2 is 2.08 bits per heavy atom. The van der Waals surface area contributed by atoms with Gasteiger partial charge in [-0.2, -0.15) is 0 Å². The minimum atomic E-state index is -0.175. The van der Waals surface area contributed by atoms with E-state index in [4.69, 9.17) is 0 Å². The van der Waals surface area contributed by atoms with E-state index in [9.17, 15) is 4.79 Å². The van der Waals surface area contributed by atoms with Crippen molar-refractivity contribution in [3.63, 3.8) is 0 Å². The number of anilines is 1. The van der Waals surface area contributed by atoms with Crippen molar-refractivity contribution in [1.29, 1.82) is 0 Å². The number of nitrogens with one attached hydrogen (secondary N) is 2. The molecule has 0 unspecified atom stereocenters. The molecule has 0 saturated heterocycles. The number of urea groups is 1. The molecule has 0 bridgehead atoms. The van der Waals surface area contributed by atoms with Gasteiger partial charge in [-0.25, -0.2) is 9.78 Å². The summed E-state index contributed by atoms with van der Waals surface area (Å²) < 4.78 is 0. The number of rotatable bonds is 7. The van der Waals surface area contributed by atoms with Gasteiger partial charge in [-0.05, 0) is 47.7 Å². The number of hydrogen-bond acceptors (Lipinski definition) is 4. The molecule has 2 aromatic heterocycles. The summed E-state index contributed by atoms with van der Waals surface area (Å²) in [5.74, 6) is 0.812. The van der Waals surface area contributed by atoms with Gasteiger partial charge in [0, 0.05) is 29.1 Å². The molecular weight excluding hydrogens is 350 g/mol. The van der Waals surface area contributed by atoms with Crippen LogP contribution in [0.2, 0.25) is 0 Å². The van der Waals surface area contributed by atoms with E-state index in [-0.39, 0.29) is 6.03 Å². The molecule has 0 aliphatic rings. The topological polar surface area (TPSA) is 54.0 Å². The van der Waals surface area contributed by atoms with Crippen molar-refractivity contribution in [3.05, 3.63) is 76.6 Å². The molecule has 25 heavy (non-hydrogen) atoms. The Morgan fingerprint density at radius 3 is 2.88 bits per heavy atom. The fourth-order valence-electron chi connectivity index (χ4n) is 2.26. The average Bonchev–Trinajstić information content (AvgIpc) is 3.15. The van der Waals surface area contributed by atoms with Crippen LogP contribution in [0.5, 0.6) is 0 Å².